The monoisotopic (exact) mass is 238 g/mol. The third-order valence-corrected chi connectivity index (χ3v) is 4.38. The highest BCUT2D eigenvalue weighted by atomic mass is 32.1. The fourth-order valence-corrected chi connectivity index (χ4v) is 3.15. The van der Waals surface area contributed by atoms with Gasteiger partial charge in [0, 0.05) is 24.0 Å². The van der Waals surface area contributed by atoms with Crippen molar-refractivity contribution >= 4 is 11.3 Å². The fourth-order valence-electron chi connectivity index (χ4n) is 2.24. The molecule has 1 unspecified atom stereocenters. The normalized spacial score (nSPS) is 21.2. The van der Waals surface area contributed by atoms with E-state index in [0.29, 0.717) is 6.04 Å². The number of nitrogens with one attached hydrogen (secondary N) is 2. The number of hydrogen-bond donors (Lipinski definition) is 2. The summed E-state index contributed by atoms with van der Waals surface area (Å²) >= 11 is 1.88. The summed E-state index contributed by atoms with van der Waals surface area (Å²) in [6.45, 7) is 5.65. The van der Waals surface area contributed by atoms with Gasteiger partial charge in [0.1, 0.15) is 0 Å². The summed E-state index contributed by atoms with van der Waals surface area (Å²) in [5.74, 6) is 0. The van der Waals surface area contributed by atoms with E-state index in [1.807, 2.05) is 11.3 Å². The van der Waals surface area contributed by atoms with Crippen molar-refractivity contribution in [1.29, 1.82) is 0 Å². The minimum atomic E-state index is 0.707. The molecule has 0 aliphatic carbocycles. The summed E-state index contributed by atoms with van der Waals surface area (Å²) in [5.41, 5.74) is 1.45. The first-order chi connectivity index (χ1) is 7.86. The molecule has 1 atom stereocenters. The summed E-state index contributed by atoms with van der Waals surface area (Å²) < 4.78 is 0. The van der Waals surface area contributed by atoms with Crippen molar-refractivity contribution in [2.75, 3.05) is 19.6 Å². The van der Waals surface area contributed by atoms with E-state index in [-0.39, 0.29) is 0 Å². The van der Waals surface area contributed by atoms with E-state index in [9.17, 15) is 0 Å². The third-order valence-electron chi connectivity index (χ3n) is 3.30. The van der Waals surface area contributed by atoms with E-state index in [0.717, 1.165) is 13.1 Å². The standard InChI is InChI=1S/C13H22N2S/c1-11-6-9-16-13(11)5-8-14-10-12-4-2-3-7-15-12/h6,9,12,14-15H,2-5,7-8,10H2,1H3. The molecule has 1 aromatic heterocycles. The molecule has 0 amide bonds. The summed E-state index contributed by atoms with van der Waals surface area (Å²) in [6, 6.07) is 2.92. The molecule has 0 aromatic carbocycles. The number of hydrogen-bond acceptors (Lipinski definition) is 3. The van der Waals surface area contributed by atoms with Gasteiger partial charge < -0.3 is 10.6 Å². The molecule has 2 N–H and O–H groups in total. The Bertz CT molecular complexity index is 303. The van der Waals surface area contributed by atoms with Gasteiger partial charge >= 0.3 is 0 Å². The third kappa shape index (κ3) is 3.58. The average molecular weight is 238 g/mol. The first-order valence-corrected chi connectivity index (χ1v) is 7.21. The second kappa shape index (κ2) is 6.38. The summed E-state index contributed by atoms with van der Waals surface area (Å²) in [6.07, 6.45) is 5.26. The predicted molar refractivity (Wildman–Crippen MR) is 71.3 cm³/mol. The lowest BCUT2D eigenvalue weighted by atomic mass is 10.1. The van der Waals surface area contributed by atoms with Crippen molar-refractivity contribution in [2.45, 2.75) is 38.6 Å². The van der Waals surface area contributed by atoms with Gasteiger partial charge in [0.25, 0.3) is 0 Å². The van der Waals surface area contributed by atoms with Crippen LogP contribution in [0.3, 0.4) is 0 Å². The highest BCUT2D eigenvalue weighted by Crippen LogP contribution is 2.15. The van der Waals surface area contributed by atoms with Crippen LogP contribution in [-0.4, -0.2) is 25.7 Å². The van der Waals surface area contributed by atoms with E-state index in [2.05, 4.69) is 29.0 Å². The van der Waals surface area contributed by atoms with Gasteiger partial charge in [0.15, 0.2) is 0 Å². The zero-order valence-electron chi connectivity index (χ0n) is 10.1. The molecule has 1 fully saturated rings. The zero-order valence-corrected chi connectivity index (χ0v) is 10.9. The molecule has 16 heavy (non-hydrogen) atoms. The highest BCUT2D eigenvalue weighted by Gasteiger charge is 2.11. The van der Waals surface area contributed by atoms with Crippen LogP contribution in [0.25, 0.3) is 0 Å². The van der Waals surface area contributed by atoms with Crippen molar-refractivity contribution in [1.82, 2.24) is 10.6 Å². The predicted octanol–water partition coefficient (Wildman–Crippen LogP) is 2.33. The molecule has 0 spiro atoms. The molecule has 3 heteroatoms. The van der Waals surface area contributed by atoms with E-state index in [4.69, 9.17) is 0 Å². The minimum Gasteiger partial charge on any atom is -0.315 e. The maximum atomic E-state index is 3.56. The maximum absolute atomic E-state index is 3.56. The van der Waals surface area contributed by atoms with Gasteiger partial charge in [-0.2, -0.15) is 0 Å². The van der Waals surface area contributed by atoms with Crippen molar-refractivity contribution in [3.8, 4) is 0 Å². The first-order valence-electron chi connectivity index (χ1n) is 6.33. The van der Waals surface area contributed by atoms with Gasteiger partial charge in [0.2, 0.25) is 0 Å². The molecule has 2 heterocycles. The molecule has 1 aliphatic heterocycles. The van der Waals surface area contributed by atoms with E-state index in [1.54, 1.807) is 0 Å². The van der Waals surface area contributed by atoms with Gasteiger partial charge in [-0.25, -0.2) is 0 Å². The van der Waals surface area contributed by atoms with Crippen molar-refractivity contribution in [2.24, 2.45) is 0 Å². The molecular weight excluding hydrogens is 216 g/mol. The number of thiophene rings is 1. The molecule has 2 nitrogen and oxygen atoms in total. The Kier molecular flexibility index (Phi) is 4.82. The summed E-state index contributed by atoms with van der Waals surface area (Å²) in [7, 11) is 0. The van der Waals surface area contributed by atoms with Crippen LogP contribution in [0.1, 0.15) is 29.7 Å². The molecule has 2 rings (SSSR count). The highest BCUT2D eigenvalue weighted by molar-refractivity contribution is 7.10. The second-order valence-electron chi connectivity index (χ2n) is 4.63. The van der Waals surface area contributed by atoms with Crippen LogP contribution < -0.4 is 10.6 Å². The van der Waals surface area contributed by atoms with E-state index < -0.39 is 0 Å². The Balaban J connectivity index is 1.59. The number of piperidine rings is 1. The average Bonchev–Trinajstić information content (AvgIpc) is 2.72. The lowest BCUT2D eigenvalue weighted by Gasteiger charge is -2.23. The zero-order chi connectivity index (χ0) is 11.2. The van der Waals surface area contributed by atoms with Gasteiger partial charge in [0.05, 0.1) is 0 Å². The van der Waals surface area contributed by atoms with Crippen molar-refractivity contribution in [3.05, 3.63) is 21.9 Å². The number of aryl methyl sites for hydroxylation is 1. The van der Waals surface area contributed by atoms with Gasteiger partial charge in [-0.3, -0.25) is 0 Å². The number of rotatable bonds is 5. The van der Waals surface area contributed by atoms with Crippen molar-refractivity contribution in [3.63, 3.8) is 0 Å². The summed E-state index contributed by atoms with van der Waals surface area (Å²) in [5, 5.41) is 9.32. The quantitative estimate of drug-likeness (QED) is 0.769. The minimum absolute atomic E-state index is 0.707. The molecule has 1 aromatic rings. The van der Waals surface area contributed by atoms with Crippen molar-refractivity contribution < 1.29 is 0 Å². The van der Waals surface area contributed by atoms with Crippen LogP contribution in [0.2, 0.25) is 0 Å². The fraction of sp³-hybridized carbons (Fsp3) is 0.692. The Labute approximate surface area is 102 Å². The Morgan fingerprint density at radius 1 is 1.50 bits per heavy atom. The topological polar surface area (TPSA) is 24.1 Å². The van der Waals surface area contributed by atoms with Crippen LogP contribution >= 0.6 is 11.3 Å². The Morgan fingerprint density at radius 3 is 3.12 bits per heavy atom. The second-order valence-corrected chi connectivity index (χ2v) is 5.63. The SMILES string of the molecule is Cc1ccsc1CCNCC1CCCCN1. The van der Waals surface area contributed by atoms with Crippen LogP contribution in [-0.2, 0) is 6.42 Å². The van der Waals surface area contributed by atoms with Crippen LogP contribution in [0.4, 0.5) is 0 Å². The molecule has 0 saturated carbocycles. The lowest BCUT2D eigenvalue weighted by Crippen LogP contribution is -2.42. The largest absolute Gasteiger partial charge is 0.315 e. The van der Waals surface area contributed by atoms with E-state index >= 15 is 0 Å². The molecule has 0 radical (unpaired) electrons. The molecule has 0 bridgehead atoms. The molecular formula is C13H22N2S. The molecule has 90 valence electrons. The van der Waals surface area contributed by atoms with Gasteiger partial charge in [-0.15, -0.1) is 11.3 Å². The molecule has 1 saturated heterocycles. The summed E-state index contributed by atoms with van der Waals surface area (Å²) in [4.78, 5) is 1.53. The molecule has 1 aliphatic rings. The lowest BCUT2D eigenvalue weighted by molar-refractivity contribution is 0.384. The van der Waals surface area contributed by atoms with E-state index in [1.165, 1.54) is 42.7 Å². The Morgan fingerprint density at radius 2 is 2.44 bits per heavy atom. The first kappa shape index (κ1) is 12.1. The smallest absolute Gasteiger partial charge is 0.0192 e. The van der Waals surface area contributed by atoms with Gasteiger partial charge in [-0.05, 0) is 49.7 Å². The Hall–Kier alpha value is -0.380. The van der Waals surface area contributed by atoms with Crippen LogP contribution in [0.5, 0.6) is 0 Å². The van der Waals surface area contributed by atoms with Gasteiger partial charge in [-0.1, -0.05) is 6.42 Å². The maximum Gasteiger partial charge on any atom is 0.0192 e. The van der Waals surface area contributed by atoms with Crippen LogP contribution in [0, 0.1) is 6.92 Å². The van der Waals surface area contributed by atoms with Crippen LogP contribution in [0.15, 0.2) is 11.4 Å².